The minimum atomic E-state index is 0.195. The fourth-order valence-corrected chi connectivity index (χ4v) is 3.98. The number of nitrogens with zero attached hydrogens (tertiary/aromatic N) is 3. The van der Waals surface area contributed by atoms with Crippen molar-refractivity contribution in [3.05, 3.63) is 18.5 Å². The van der Waals surface area contributed by atoms with Gasteiger partial charge in [-0.2, -0.15) is 5.10 Å². The molecule has 1 N–H and O–H groups in total. The lowest BCUT2D eigenvalue weighted by molar-refractivity contribution is -0.121. The number of piperidine rings is 2. The van der Waals surface area contributed by atoms with Gasteiger partial charge in [0.1, 0.15) is 0 Å². The van der Waals surface area contributed by atoms with E-state index in [0.29, 0.717) is 18.4 Å². The van der Waals surface area contributed by atoms with Crippen molar-refractivity contribution < 1.29 is 4.79 Å². The summed E-state index contributed by atoms with van der Waals surface area (Å²) in [6.07, 6.45) is 11.8. The molecule has 2 atom stereocenters. The van der Waals surface area contributed by atoms with Crippen molar-refractivity contribution in [2.75, 3.05) is 19.6 Å². The molecule has 3 rings (SSSR count). The second kappa shape index (κ2) is 7.77. The maximum Gasteiger partial charge on any atom is 0.220 e. The first-order valence-corrected chi connectivity index (χ1v) is 8.81. The van der Waals surface area contributed by atoms with Crippen LogP contribution in [0.1, 0.15) is 44.9 Å². The van der Waals surface area contributed by atoms with Crippen LogP contribution in [0.15, 0.2) is 18.5 Å². The molecule has 0 saturated carbocycles. The topological polar surface area (TPSA) is 50.2 Å². The third-order valence-corrected chi connectivity index (χ3v) is 5.14. The zero-order valence-electron chi connectivity index (χ0n) is 13.4. The van der Waals surface area contributed by atoms with Crippen LogP contribution in [-0.4, -0.2) is 46.3 Å². The summed E-state index contributed by atoms with van der Waals surface area (Å²) in [5.74, 6) is 0.851. The monoisotopic (exact) mass is 304 g/mol. The van der Waals surface area contributed by atoms with Crippen LogP contribution in [0.3, 0.4) is 0 Å². The summed E-state index contributed by atoms with van der Waals surface area (Å²) >= 11 is 0. The van der Waals surface area contributed by atoms with Gasteiger partial charge in [-0.15, -0.1) is 0 Å². The zero-order chi connectivity index (χ0) is 15.2. The molecule has 5 nitrogen and oxygen atoms in total. The Balaban J connectivity index is 1.36. The van der Waals surface area contributed by atoms with E-state index in [2.05, 4.69) is 15.3 Å². The number of carbonyl (C=O) groups is 1. The van der Waals surface area contributed by atoms with E-state index in [1.807, 2.05) is 16.9 Å². The van der Waals surface area contributed by atoms with Crippen molar-refractivity contribution in [3.8, 4) is 0 Å². The van der Waals surface area contributed by atoms with Gasteiger partial charge in [-0.3, -0.25) is 9.48 Å². The summed E-state index contributed by atoms with van der Waals surface area (Å²) in [7, 11) is 0. The van der Waals surface area contributed by atoms with E-state index in [4.69, 9.17) is 0 Å². The fourth-order valence-electron chi connectivity index (χ4n) is 3.98. The molecule has 122 valence electrons. The minimum absolute atomic E-state index is 0.195. The van der Waals surface area contributed by atoms with E-state index in [9.17, 15) is 4.79 Å². The van der Waals surface area contributed by atoms with Crippen LogP contribution in [0.25, 0.3) is 0 Å². The van der Waals surface area contributed by atoms with Gasteiger partial charge in [0.25, 0.3) is 0 Å². The van der Waals surface area contributed by atoms with Crippen LogP contribution in [0.5, 0.6) is 0 Å². The standard InChI is InChI=1S/C17H28N4O/c22-17(8-4-12-21-13-5-9-19-21)18-14-15-6-3-11-20-10-2-1-7-16(15)20/h5,9,13,15-16H,1-4,6-8,10-12,14H2,(H,18,22)/t15-,16+/m0/s1. The second-order valence-electron chi connectivity index (χ2n) is 6.68. The first kappa shape index (κ1) is 15.5. The number of fused-ring (bicyclic) bond motifs is 1. The maximum absolute atomic E-state index is 12.0. The Morgan fingerprint density at radius 3 is 3.00 bits per heavy atom. The summed E-state index contributed by atoms with van der Waals surface area (Å²) in [6.45, 7) is 4.21. The van der Waals surface area contributed by atoms with E-state index in [0.717, 1.165) is 19.5 Å². The molecule has 5 heteroatoms. The molecule has 1 amide bonds. The molecule has 0 aromatic carbocycles. The Kier molecular flexibility index (Phi) is 5.48. The van der Waals surface area contributed by atoms with Crippen LogP contribution in [-0.2, 0) is 11.3 Å². The van der Waals surface area contributed by atoms with E-state index < -0.39 is 0 Å². The van der Waals surface area contributed by atoms with Crippen LogP contribution in [0.2, 0.25) is 0 Å². The second-order valence-corrected chi connectivity index (χ2v) is 6.68. The molecular formula is C17H28N4O. The first-order chi connectivity index (χ1) is 10.8. The van der Waals surface area contributed by atoms with Gasteiger partial charge >= 0.3 is 0 Å². The number of hydrogen-bond acceptors (Lipinski definition) is 3. The van der Waals surface area contributed by atoms with Gasteiger partial charge in [-0.1, -0.05) is 6.42 Å². The molecule has 0 bridgehead atoms. The highest BCUT2D eigenvalue weighted by molar-refractivity contribution is 5.75. The van der Waals surface area contributed by atoms with Crippen molar-refractivity contribution in [1.82, 2.24) is 20.0 Å². The van der Waals surface area contributed by atoms with E-state index in [-0.39, 0.29) is 5.91 Å². The van der Waals surface area contributed by atoms with Crippen molar-refractivity contribution in [1.29, 1.82) is 0 Å². The van der Waals surface area contributed by atoms with Crippen LogP contribution < -0.4 is 5.32 Å². The summed E-state index contributed by atoms with van der Waals surface area (Å²) < 4.78 is 1.88. The largest absolute Gasteiger partial charge is 0.356 e. The smallest absolute Gasteiger partial charge is 0.220 e. The minimum Gasteiger partial charge on any atom is -0.356 e. The molecule has 0 aliphatic carbocycles. The molecule has 1 aromatic rings. The average molecular weight is 304 g/mol. The van der Waals surface area contributed by atoms with E-state index in [1.165, 1.54) is 45.2 Å². The number of aromatic nitrogens is 2. The number of hydrogen-bond donors (Lipinski definition) is 1. The highest BCUT2D eigenvalue weighted by Crippen LogP contribution is 2.30. The van der Waals surface area contributed by atoms with E-state index in [1.54, 1.807) is 6.20 Å². The lowest BCUT2D eigenvalue weighted by Gasteiger charge is -2.44. The van der Waals surface area contributed by atoms with Gasteiger partial charge in [-0.25, -0.2) is 0 Å². The third-order valence-electron chi connectivity index (χ3n) is 5.14. The quantitative estimate of drug-likeness (QED) is 0.875. The lowest BCUT2D eigenvalue weighted by atomic mass is 9.83. The highest BCUT2D eigenvalue weighted by Gasteiger charge is 2.32. The molecule has 3 heterocycles. The number of carbonyl (C=O) groups excluding carboxylic acids is 1. The molecule has 2 aliphatic rings. The maximum atomic E-state index is 12.0. The number of aryl methyl sites for hydroxylation is 1. The normalized spacial score (nSPS) is 25.6. The number of rotatable bonds is 6. The lowest BCUT2D eigenvalue weighted by Crippen LogP contribution is -2.50. The van der Waals surface area contributed by atoms with Crippen LogP contribution >= 0.6 is 0 Å². The predicted molar refractivity (Wildman–Crippen MR) is 86.4 cm³/mol. The molecule has 2 fully saturated rings. The fraction of sp³-hybridized carbons (Fsp3) is 0.765. The summed E-state index contributed by atoms with van der Waals surface area (Å²) in [5.41, 5.74) is 0. The summed E-state index contributed by atoms with van der Waals surface area (Å²) in [5, 5.41) is 7.33. The van der Waals surface area contributed by atoms with Crippen LogP contribution in [0.4, 0.5) is 0 Å². The van der Waals surface area contributed by atoms with Gasteiger partial charge in [0, 0.05) is 37.9 Å². The molecule has 0 spiro atoms. The molecule has 22 heavy (non-hydrogen) atoms. The van der Waals surface area contributed by atoms with E-state index >= 15 is 0 Å². The SMILES string of the molecule is O=C(CCCn1cccn1)NC[C@@H]1CCCN2CCCC[C@H]12. The molecule has 0 unspecified atom stereocenters. The van der Waals surface area contributed by atoms with Gasteiger partial charge < -0.3 is 10.2 Å². The molecule has 0 radical (unpaired) electrons. The highest BCUT2D eigenvalue weighted by atomic mass is 16.1. The van der Waals surface area contributed by atoms with Crippen molar-refractivity contribution in [2.24, 2.45) is 5.92 Å². The molecule has 1 aromatic heterocycles. The Labute approximate surface area is 133 Å². The van der Waals surface area contributed by atoms with Gasteiger partial charge in [0.05, 0.1) is 0 Å². The summed E-state index contributed by atoms with van der Waals surface area (Å²) in [4.78, 5) is 14.7. The Hall–Kier alpha value is -1.36. The number of nitrogens with one attached hydrogen (secondary N) is 1. The van der Waals surface area contributed by atoms with Crippen molar-refractivity contribution >= 4 is 5.91 Å². The first-order valence-electron chi connectivity index (χ1n) is 8.81. The summed E-state index contributed by atoms with van der Waals surface area (Å²) in [6, 6.07) is 2.63. The Bertz CT molecular complexity index is 457. The Morgan fingerprint density at radius 2 is 2.14 bits per heavy atom. The van der Waals surface area contributed by atoms with Crippen molar-refractivity contribution in [2.45, 2.75) is 57.5 Å². The van der Waals surface area contributed by atoms with Crippen LogP contribution in [0, 0.1) is 5.92 Å². The predicted octanol–water partition coefficient (Wildman–Crippen LogP) is 2.04. The Morgan fingerprint density at radius 1 is 1.23 bits per heavy atom. The number of amides is 1. The van der Waals surface area contributed by atoms with Gasteiger partial charge in [0.2, 0.25) is 5.91 Å². The third kappa shape index (κ3) is 4.09. The van der Waals surface area contributed by atoms with Gasteiger partial charge in [0.15, 0.2) is 0 Å². The molecule has 2 aliphatic heterocycles. The zero-order valence-corrected chi connectivity index (χ0v) is 13.4. The van der Waals surface area contributed by atoms with Gasteiger partial charge in [-0.05, 0) is 57.2 Å². The molecular weight excluding hydrogens is 276 g/mol. The van der Waals surface area contributed by atoms with Crippen molar-refractivity contribution in [3.63, 3.8) is 0 Å². The average Bonchev–Trinajstić information content (AvgIpc) is 3.06. The molecule has 2 saturated heterocycles.